The zero-order chi connectivity index (χ0) is 13.1. The Morgan fingerprint density at radius 1 is 1.28 bits per heavy atom. The molecule has 1 amide bonds. The Hall–Kier alpha value is -1.78. The number of carbonyl (C=O) groups is 1. The summed E-state index contributed by atoms with van der Waals surface area (Å²) in [6.45, 7) is 0.276. The SMILES string of the molecule is CN(C(=O)c1ccc(CN)o1)c1ccc(Cl)cc1. The van der Waals surface area contributed by atoms with Crippen LogP contribution in [0, 0.1) is 0 Å². The number of nitrogens with two attached hydrogens (primary N) is 1. The van der Waals surface area contributed by atoms with Gasteiger partial charge in [-0.3, -0.25) is 4.79 Å². The van der Waals surface area contributed by atoms with Crippen LogP contribution < -0.4 is 10.6 Å². The van der Waals surface area contributed by atoms with Crippen molar-refractivity contribution >= 4 is 23.2 Å². The molecule has 0 aliphatic heterocycles. The van der Waals surface area contributed by atoms with E-state index in [2.05, 4.69) is 0 Å². The molecule has 0 aliphatic rings. The monoisotopic (exact) mass is 264 g/mol. The van der Waals surface area contributed by atoms with Gasteiger partial charge in [0.05, 0.1) is 6.54 Å². The summed E-state index contributed by atoms with van der Waals surface area (Å²) in [4.78, 5) is 13.6. The fourth-order valence-electron chi connectivity index (χ4n) is 1.55. The highest BCUT2D eigenvalue weighted by Gasteiger charge is 2.17. The van der Waals surface area contributed by atoms with Crippen LogP contribution >= 0.6 is 11.6 Å². The smallest absolute Gasteiger partial charge is 0.293 e. The minimum absolute atomic E-state index is 0.225. The van der Waals surface area contributed by atoms with E-state index in [4.69, 9.17) is 21.8 Å². The number of furan rings is 1. The van der Waals surface area contributed by atoms with E-state index in [-0.39, 0.29) is 18.2 Å². The van der Waals surface area contributed by atoms with E-state index in [1.165, 1.54) is 4.90 Å². The Kier molecular flexibility index (Phi) is 3.69. The van der Waals surface area contributed by atoms with E-state index in [9.17, 15) is 4.79 Å². The van der Waals surface area contributed by atoms with Gasteiger partial charge in [-0.05, 0) is 36.4 Å². The lowest BCUT2D eigenvalue weighted by atomic mass is 10.3. The van der Waals surface area contributed by atoms with Crippen LogP contribution in [0.25, 0.3) is 0 Å². The lowest BCUT2D eigenvalue weighted by molar-refractivity contribution is 0.0965. The molecule has 0 saturated carbocycles. The molecule has 2 rings (SSSR count). The quantitative estimate of drug-likeness (QED) is 0.927. The average molecular weight is 265 g/mol. The summed E-state index contributed by atoms with van der Waals surface area (Å²) < 4.78 is 5.32. The molecular formula is C13H13ClN2O2. The summed E-state index contributed by atoms with van der Waals surface area (Å²) in [6, 6.07) is 10.3. The molecule has 0 radical (unpaired) electrons. The molecule has 4 nitrogen and oxygen atoms in total. The first-order chi connectivity index (χ1) is 8.61. The summed E-state index contributed by atoms with van der Waals surface area (Å²) in [6.07, 6.45) is 0. The molecule has 2 N–H and O–H groups in total. The predicted octanol–water partition coefficient (Wildman–Crippen LogP) is 2.67. The zero-order valence-electron chi connectivity index (χ0n) is 9.89. The van der Waals surface area contributed by atoms with Crippen molar-refractivity contribution in [1.82, 2.24) is 0 Å². The third-order valence-corrected chi connectivity index (χ3v) is 2.84. The zero-order valence-corrected chi connectivity index (χ0v) is 10.6. The van der Waals surface area contributed by atoms with E-state index in [1.54, 1.807) is 43.4 Å². The third-order valence-electron chi connectivity index (χ3n) is 2.59. The maximum Gasteiger partial charge on any atom is 0.293 e. The van der Waals surface area contributed by atoms with E-state index in [1.807, 2.05) is 0 Å². The Morgan fingerprint density at radius 3 is 2.50 bits per heavy atom. The van der Waals surface area contributed by atoms with Crippen LogP contribution in [0.4, 0.5) is 5.69 Å². The van der Waals surface area contributed by atoms with Crippen molar-refractivity contribution in [2.75, 3.05) is 11.9 Å². The number of halogens is 1. The van der Waals surface area contributed by atoms with Crippen LogP contribution in [0.5, 0.6) is 0 Å². The maximum absolute atomic E-state index is 12.1. The molecule has 94 valence electrons. The molecule has 0 saturated heterocycles. The largest absolute Gasteiger partial charge is 0.455 e. The molecule has 0 fully saturated rings. The highest BCUT2D eigenvalue weighted by Crippen LogP contribution is 2.19. The van der Waals surface area contributed by atoms with Crippen LogP contribution in [0.1, 0.15) is 16.3 Å². The maximum atomic E-state index is 12.1. The van der Waals surface area contributed by atoms with Gasteiger partial charge >= 0.3 is 0 Å². The highest BCUT2D eigenvalue weighted by atomic mass is 35.5. The predicted molar refractivity (Wildman–Crippen MR) is 70.8 cm³/mol. The first-order valence-corrected chi connectivity index (χ1v) is 5.82. The number of nitrogens with zero attached hydrogens (tertiary/aromatic N) is 1. The second kappa shape index (κ2) is 5.25. The highest BCUT2D eigenvalue weighted by molar-refractivity contribution is 6.30. The first kappa shape index (κ1) is 12.7. The van der Waals surface area contributed by atoms with Crippen molar-refractivity contribution in [2.45, 2.75) is 6.54 Å². The van der Waals surface area contributed by atoms with Crippen LogP contribution in [-0.2, 0) is 6.54 Å². The molecule has 0 aliphatic carbocycles. The standard InChI is InChI=1S/C13H13ClN2O2/c1-16(10-4-2-9(14)3-5-10)13(17)12-7-6-11(8-15)18-12/h2-7H,8,15H2,1H3. The number of anilines is 1. The average Bonchev–Trinajstić information content (AvgIpc) is 2.86. The van der Waals surface area contributed by atoms with E-state index in [0.717, 1.165) is 5.69 Å². The molecule has 1 aromatic heterocycles. The van der Waals surface area contributed by atoms with Gasteiger partial charge < -0.3 is 15.1 Å². The van der Waals surface area contributed by atoms with Gasteiger partial charge in [0, 0.05) is 17.8 Å². The Labute approximate surface area is 110 Å². The van der Waals surface area contributed by atoms with Crippen LogP contribution in [0.3, 0.4) is 0 Å². The van der Waals surface area contributed by atoms with Gasteiger partial charge in [-0.2, -0.15) is 0 Å². The summed E-state index contributed by atoms with van der Waals surface area (Å²) in [5.74, 6) is 0.632. The minimum Gasteiger partial charge on any atom is -0.455 e. The Morgan fingerprint density at radius 2 is 1.94 bits per heavy atom. The molecule has 0 bridgehead atoms. The van der Waals surface area contributed by atoms with Gasteiger partial charge in [-0.15, -0.1) is 0 Å². The Balaban J connectivity index is 2.20. The molecular weight excluding hydrogens is 252 g/mol. The second-order valence-electron chi connectivity index (χ2n) is 3.81. The molecule has 1 heterocycles. The van der Waals surface area contributed by atoms with Crippen LogP contribution in [-0.4, -0.2) is 13.0 Å². The summed E-state index contributed by atoms with van der Waals surface area (Å²) >= 11 is 5.80. The molecule has 5 heteroatoms. The van der Waals surface area contributed by atoms with E-state index in [0.29, 0.717) is 10.8 Å². The van der Waals surface area contributed by atoms with Crippen LogP contribution in [0.15, 0.2) is 40.8 Å². The number of carbonyl (C=O) groups excluding carboxylic acids is 1. The van der Waals surface area contributed by atoms with Gasteiger partial charge in [0.2, 0.25) is 0 Å². The number of rotatable bonds is 3. The first-order valence-electron chi connectivity index (χ1n) is 5.44. The fraction of sp³-hybridized carbons (Fsp3) is 0.154. The van der Waals surface area contributed by atoms with Gasteiger partial charge in [0.25, 0.3) is 5.91 Å². The number of amides is 1. The summed E-state index contributed by atoms with van der Waals surface area (Å²) in [5, 5.41) is 0.628. The third kappa shape index (κ3) is 2.55. The molecule has 18 heavy (non-hydrogen) atoms. The minimum atomic E-state index is -0.225. The molecule has 0 spiro atoms. The summed E-state index contributed by atoms with van der Waals surface area (Å²) in [7, 11) is 1.68. The van der Waals surface area contributed by atoms with Crippen molar-refractivity contribution < 1.29 is 9.21 Å². The van der Waals surface area contributed by atoms with Crippen molar-refractivity contribution in [1.29, 1.82) is 0 Å². The second-order valence-corrected chi connectivity index (χ2v) is 4.25. The molecule has 1 aromatic carbocycles. The Bertz CT molecular complexity index is 548. The van der Waals surface area contributed by atoms with E-state index >= 15 is 0 Å². The van der Waals surface area contributed by atoms with Crippen molar-refractivity contribution in [3.05, 3.63) is 52.9 Å². The number of benzene rings is 1. The molecule has 0 atom stereocenters. The van der Waals surface area contributed by atoms with Crippen LogP contribution in [0.2, 0.25) is 5.02 Å². The van der Waals surface area contributed by atoms with Crippen molar-refractivity contribution in [3.63, 3.8) is 0 Å². The van der Waals surface area contributed by atoms with Crippen molar-refractivity contribution in [3.8, 4) is 0 Å². The van der Waals surface area contributed by atoms with Gasteiger partial charge in [-0.1, -0.05) is 11.6 Å². The summed E-state index contributed by atoms with van der Waals surface area (Å²) in [5.41, 5.74) is 6.18. The molecule has 2 aromatic rings. The number of hydrogen-bond donors (Lipinski definition) is 1. The normalized spacial score (nSPS) is 10.4. The fourth-order valence-corrected chi connectivity index (χ4v) is 1.68. The number of hydrogen-bond acceptors (Lipinski definition) is 3. The van der Waals surface area contributed by atoms with Gasteiger partial charge in [0.1, 0.15) is 5.76 Å². The van der Waals surface area contributed by atoms with E-state index < -0.39 is 0 Å². The lowest BCUT2D eigenvalue weighted by Crippen LogP contribution is -2.25. The lowest BCUT2D eigenvalue weighted by Gasteiger charge is -2.15. The van der Waals surface area contributed by atoms with Gasteiger partial charge in [0.15, 0.2) is 5.76 Å². The topological polar surface area (TPSA) is 59.5 Å². The van der Waals surface area contributed by atoms with Gasteiger partial charge in [-0.25, -0.2) is 0 Å². The molecule has 0 unspecified atom stereocenters. The van der Waals surface area contributed by atoms with Crippen molar-refractivity contribution in [2.24, 2.45) is 5.73 Å².